The number of fused-ring (bicyclic) bond motifs is 11. The van der Waals surface area contributed by atoms with Crippen LogP contribution in [0.2, 0.25) is 0 Å². The van der Waals surface area contributed by atoms with E-state index in [4.69, 9.17) is 4.99 Å². The van der Waals surface area contributed by atoms with Crippen molar-refractivity contribution >= 4 is 44.7 Å². The highest BCUT2D eigenvalue weighted by Gasteiger charge is 2.57. The Kier molecular flexibility index (Phi) is 7.57. The van der Waals surface area contributed by atoms with Gasteiger partial charge in [0.1, 0.15) is 0 Å². The van der Waals surface area contributed by atoms with E-state index in [1.54, 1.807) is 11.1 Å². The van der Waals surface area contributed by atoms with Gasteiger partial charge in [-0.3, -0.25) is 4.99 Å². The van der Waals surface area contributed by atoms with Gasteiger partial charge in [0.05, 0.1) is 5.70 Å². The zero-order valence-corrected chi connectivity index (χ0v) is 31.9. The standard InChI is InChI=1S/C52H45NS/c1-32-23-28-45(33-14-5-3-6-15-33)53-46(34-16-7-4-8-17-34)31-43(32)50-42-27-26-41-48-36(20-13-21-38(48)37-18-9-10-19-39(37)49(41)51(42)50)35-24-25-40-44-22-11-12-29-52(44,2)54-47(40)30-35/h3-22,24-25,29-32,42-44,50-51H,23,26-28H2,1-2H3/b46-31-,53-45+. The molecule has 2 heterocycles. The lowest BCUT2D eigenvalue weighted by molar-refractivity contribution is 0.349. The molecule has 54 heavy (non-hydrogen) atoms. The summed E-state index contributed by atoms with van der Waals surface area (Å²) in [6.45, 7) is 4.92. The molecular formula is C52H45NS. The maximum absolute atomic E-state index is 5.49. The summed E-state index contributed by atoms with van der Waals surface area (Å²) in [5.41, 5.74) is 12.3. The fraction of sp³-hybridized carbons (Fsp3) is 0.250. The van der Waals surface area contributed by atoms with Crippen molar-refractivity contribution in [2.24, 2.45) is 28.7 Å². The Morgan fingerprint density at radius 2 is 1.46 bits per heavy atom. The van der Waals surface area contributed by atoms with E-state index in [0.29, 0.717) is 35.5 Å². The number of aryl methyl sites for hydroxylation is 1. The van der Waals surface area contributed by atoms with E-state index < -0.39 is 0 Å². The van der Waals surface area contributed by atoms with Crippen molar-refractivity contribution in [2.75, 3.05) is 0 Å². The smallest absolute Gasteiger partial charge is 0.0668 e. The Morgan fingerprint density at radius 1 is 0.704 bits per heavy atom. The van der Waals surface area contributed by atoms with Gasteiger partial charge in [-0.25, -0.2) is 0 Å². The summed E-state index contributed by atoms with van der Waals surface area (Å²) in [6, 6.07) is 45.5. The Bertz CT molecular complexity index is 2590. The molecule has 11 rings (SSSR count). The normalized spacial score (nSPS) is 29.9. The van der Waals surface area contributed by atoms with Gasteiger partial charge in [0.25, 0.3) is 0 Å². The number of benzene rings is 6. The van der Waals surface area contributed by atoms with E-state index in [2.05, 4.69) is 166 Å². The van der Waals surface area contributed by atoms with Gasteiger partial charge < -0.3 is 0 Å². The summed E-state index contributed by atoms with van der Waals surface area (Å²) in [5, 5.41) is 5.78. The minimum absolute atomic E-state index is 0.0945. The molecule has 264 valence electrons. The first-order chi connectivity index (χ1) is 26.6. The van der Waals surface area contributed by atoms with E-state index in [0.717, 1.165) is 25.0 Å². The molecule has 2 aliphatic heterocycles. The Balaban J connectivity index is 1.05. The summed E-state index contributed by atoms with van der Waals surface area (Å²) in [5.74, 6) is 3.40. The number of aliphatic imine (C=N–C) groups is 1. The molecule has 2 heteroatoms. The molecule has 6 aromatic rings. The molecule has 0 aromatic heterocycles. The van der Waals surface area contributed by atoms with Crippen LogP contribution in [0.1, 0.15) is 72.8 Å². The molecule has 0 saturated heterocycles. The third kappa shape index (κ3) is 5.09. The molecular weight excluding hydrogens is 671 g/mol. The average molecular weight is 716 g/mol. The minimum atomic E-state index is 0.0945. The van der Waals surface area contributed by atoms with Gasteiger partial charge in [-0.05, 0) is 129 Å². The SMILES string of the molecule is CC1CC/C(c2ccccc2)=N\C(c2ccccc2)=C/C1C1C2CCc3c(c4ccccc4c4cccc(-c5ccc6c(c5)SC5(C)C=CC=CC65)c34)C21. The molecule has 1 saturated carbocycles. The number of allylic oxidation sites excluding steroid dienone is 4. The van der Waals surface area contributed by atoms with Gasteiger partial charge in [-0.15, -0.1) is 11.8 Å². The molecule has 0 radical (unpaired) electrons. The fourth-order valence-electron chi connectivity index (χ4n) is 11.0. The third-order valence-corrected chi connectivity index (χ3v) is 15.1. The van der Waals surface area contributed by atoms with Gasteiger partial charge in [-0.1, -0.05) is 153 Å². The van der Waals surface area contributed by atoms with E-state index in [1.807, 2.05) is 11.8 Å². The van der Waals surface area contributed by atoms with Crippen molar-refractivity contribution < 1.29 is 0 Å². The second-order valence-corrected chi connectivity index (χ2v) is 18.2. The molecule has 1 fully saturated rings. The Morgan fingerprint density at radius 3 is 2.30 bits per heavy atom. The van der Waals surface area contributed by atoms with Crippen LogP contribution in [0.5, 0.6) is 0 Å². The van der Waals surface area contributed by atoms with Crippen LogP contribution >= 0.6 is 11.8 Å². The lowest BCUT2D eigenvalue weighted by atomic mass is 9.79. The Labute approximate surface area is 323 Å². The molecule has 0 N–H and O–H groups in total. The topological polar surface area (TPSA) is 12.4 Å². The van der Waals surface area contributed by atoms with Crippen molar-refractivity contribution in [3.63, 3.8) is 0 Å². The summed E-state index contributed by atoms with van der Waals surface area (Å²) < 4.78 is 0.0945. The van der Waals surface area contributed by atoms with E-state index in [9.17, 15) is 0 Å². The van der Waals surface area contributed by atoms with Crippen molar-refractivity contribution in [1.82, 2.24) is 0 Å². The molecule has 0 amide bonds. The second-order valence-electron chi connectivity index (χ2n) is 16.7. The lowest BCUT2D eigenvalue weighted by Gasteiger charge is -2.27. The highest BCUT2D eigenvalue weighted by molar-refractivity contribution is 8.01. The highest BCUT2D eigenvalue weighted by atomic mass is 32.2. The zero-order chi connectivity index (χ0) is 36.0. The van der Waals surface area contributed by atoms with E-state index in [1.165, 1.54) is 66.4 Å². The number of hydrogen-bond donors (Lipinski definition) is 0. The van der Waals surface area contributed by atoms with Gasteiger partial charge in [-0.2, -0.15) is 0 Å². The van der Waals surface area contributed by atoms with Crippen molar-refractivity contribution in [3.05, 3.63) is 180 Å². The van der Waals surface area contributed by atoms with Crippen LogP contribution in [0.15, 0.2) is 162 Å². The molecule has 0 spiro atoms. The molecule has 5 aliphatic rings. The quantitative estimate of drug-likeness (QED) is 0.166. The maximum atomic E-state index is 5.49. The van der Waals surface area contributed by atoms with Crippen LogP contribution in [-0.2, 0) is 6.42 Å². The average Bonchev–Trinajstić information content (AvgIpc) is 3.85. The van der Waals surface area contributed by atoms with Crippen LogP contribution in [-0.4, -0.2) is 10.5 Å². The molecule has 1 nitrogen and oxygen atoms in total. The number of thioether (sulfide) groups is 1. The zero-order valence-electron chi connectivity index (χ0n) is 31.1. The van der Waals surface area contributed by atoms with Crippen molar-refractivity contribution in [3.8, 4) is 11.1 Å². The van der Waals surface area contributed by atoms with Crippen LogP contribution < -0.4 is 0 Å². The molecule has 3 aliphatic carbocycles. The molecule has 7 unspecified atom stereocenters. The fourth-order valence-corrected chi connectivity index (χ4v) is 12.5. The molecule has 7 atom stereocenters. The maximum Gasteiger partial charge on any atom is 0.0668 e. The van der Waals surface area contributed by atoms with Crippen LogP contribution in [0.25, 0.3) is 38.4 Å². The summed E-state index contributed by atoms with van der Waals surface area (Å²) in [7, 11) is 0. The largest absolute Gasteiger partial charge is 0.253 e. The molecule has 0 bridgehead atoms. The van der Waals surface area contributed by atoms with Gasteiger partial charge >= 0.3 is 0 Å². The predicted octanol–water partition coefficient (Wildman–Crippen LogP) is 13.6. The first kappa shape index (κ1) is 32.5. The van der Waals surface area contributed by atoms with E-state index in [-0.39, 0.29) is 4.75 Å². The van der Waals surface area contributed by atoms with Gasteiger partial charge in [0.2, 0.25) is 0 Å². The second kappa shape index (κ2) is 12.6. The van der Waals surface area contributed by atoms with Gasteiger partial charge in [0, 0.05) is 21.3 Å². The lowest BCUT2D eigenvalue weighted by Crippen LogP contribution is -2.22. The summed E-state index contributed by atoms with van der Waals surface area (Å²) in [6.07, 6.45) is 16.4. The Hall–Kier alpha value is -4.92. The summed E-state index contributed by atoms with van der Waals surface area (Å²) in [4.78, 5) is 6.92. The van der Waals surface area contributed by atoms with Crippen molar-refractivity contribution in [2.45, 2.75) is 61.0 Å². The van der Waals surface area contributed by atoms with E-state index >= 15 is 0 Å². The van der Waals surface area contributed by atoms with Crippen LogP contribution in [0, 0.1) is 23.7 Å². The highest BCUT2D eigenvalue weighted by Crippen LogP contribution is 2.67. The van der Waals surface area contributed by atoms with Gasteiger partial charge in [0.15, 0.2) is 0 Å². The monoisotopic (exact) mass is 715 g/mol. The van der Waals surface area contributed by atoms with Crippen LogP contribution in [0.4, 0.5) is 0 Å². The first-order valence-corrected chi connectivity index (χ1v) is 20.9. The number of rotatable bonds is 4. The minimum Gasteiger partial charge on any atom is -0.253 e. The van der Waals surface area contributed by atoms with Crippen LogP contribution in [0.3, 0.4) is 0 Å². The predicted molar refractivity (Wildman–Crippen MR) is 230 cm³/mol. The number of hydrogen-bond acceptors (Lipinski definition) is 2. The third-order valence-electron chi connectivity index (χ3n) is 13.7. The van der Waals surface area contributed by atoms with Crippen molar-refractivity contribution in [1.29, 1.82) is 0 Å². The first-order valence-electron chi connectivity index (χ1n) is 20.1. The summed E-state index contributed by atoms with van der Waals surface area (Å²) >= 11 is 2.04. The number of nitrogens with zero attached hydrogens (tertiary/aromatic N) is 1. The molecule has 6 aromatic carbocycles.